The number of oxazole rings is 1. The highest BCUT2D eigenvalue weighted by atomic mass is 32.2. The maximum atomic E-state index is 12.6. The Bertz CT molecular complexity index is 874. The van der Waals surface area contributed by atoms with Crippen molar-refractivity contribution in [2.45, 2.75) is 44.2 Å². The molecular weight excluding hydrogens is 386 g/mol. The summed E-state index contributed by atoms with van der Waals surface area (Å²) in [6, 6.07) is 4.64. The van der Waals surface area contributed by atoms with Crippen molar-refractivity contribution >= 4 is 38.8 Å². The monoisotopic (exact) mass is 413 g/mol. The van der Waals surface area contributed by atoms with Gasteiger partial charge in [0.1, 0.15) is 5.52 Å². The summed E-state index contributed by atoms with van der Waals surface area (Å²) in [6.07, 6.45) is 0.934. The van der Waals surface area contributed by atoms with Crippen LogP contribution in [0.2, 0.25) is 0 Å². The number of thioether (sulfide) groups is 1. The molecule has 0 fully saturated rings. The van der Waals surface area contributed by atoms with Crippen molar-refractivity contribution in [2.24, 2.45) is 5.92 Å². The SMILES string of the molecule is CCN(CC)S(=O)(=O)c1ccc2oc(SCC(=O)NCCC(C)C)nc2c1. The third-order valence-electron chi connectivity index (χ3n) is 4.05. The minimum absolute atomic E-state index is 0.0762. The highest BCUT2D eigenvalue weighted by Crippen LogP contribution is 2.26. The first-order valence-electron chi connectivity index (χ1n) is 9.08. The summed E-state index contributed by atoms with van der Waals surface area (Å²) >= 11 is 1.19. The van der Waals surface area contributed by atoms with Gasteiger partial charge in [-0.15, -0.1) is 0 Å². The maximum Gasteiger partial charge on any atom is 0.257 e. The van der Waals surface area contributed by atoms with E-state index < -0.39 is 10.0 Å². The number of hydrogen-bond donors (Lipinski definition) is 1. The lowest BCUT2D eigenvalue weighted by Gasteiger charge is -2.18. The van der Waals surface area contributed by atoms with Crippen LogP contribution in [0.25, 0.3) is 11.1 Å². The molecule has 0 bridgehead atoms. The number of nitrogens with one attached hydrogen (secondary N) is 1. The average molecular weight is 414 g/mol. The lowest BCUT2D eigenvalue weighted by molar-refractivity contribution is -0.118. The van der Waals surface area contributed by atoms with Crippen molar-refractivity contribution in [2.75, 3.05) is 25.4 Å². The molecule has 1 heterocycles. The van der Waals surface area contributed by atoms with Gasteiger partial charge in [0.2, 0.25) is 15.9 Å². The molecule has 1 N–H and O–H groups in total. The molecule has 0 saturated carbocycles. The molecule has 0 unspecified atom stereocenters. The molecule has 7 nitrogen and oxygen atoms in total. The molecule has 1 amide bonds. The molecule has 27 heavy (non-hydrogen) atoms. The second kappa shape index (κ2) is 9.57. The zero-order valence-corrected chi connectivity index (χ0v) is 17.8. The van der Waals surface area contributed by atoms with Crippen LogP contribution in [-0.2, 0) is 14.8 Å². The van der Waals surface area contributed by atoms with E-state index in [4.69, 9.17) is 4.42 Å². The van der Waals surface area contributed by atoms with Gasteiger partial charge < -0.3 is 9.73 Å². The zero-order chi connectivity index (χ0) is 20.0. The van der Waals surface area contributed by atoms with E-state index in [0.29, 0.717) is 41.9 Å². The zero-order valence-electron chi connectivity index (χ0n) is 16.2. The minimum Gasteiger partial charge on any atom is -0.431 e. The van der Waals surface area contributed by atoms with Gasteiger partial charge in [-0.25, -0.2) is 13.4 Å². The molecule has 0 saturated heterocycles. The van der Waals surface area contributed by atoms with Gasteiger partial charge >= 0.3 is 0 Å². The Morgan fingerprint density at radius 3 is 2.63 bits per heavy atom. The van der Waals surface area contributed by atoms with Crippen molar-refractivity contribution in [3.63, 3.8) is 0 Å². The number of hydrogen-bond acceptors (Lipinski definition) is 6. The summed E-state index contributed by atoms with van der Waals surface area (Å²) in [7, 11) is -3.55. The molecule has 1 aromatic heterocycles. The van der Waals surface area contributed by atoms with Crippen LogP contribution in [0, 0.1) is 5.92 Å². The molecule has 0 radical (unpaired) electrons. The number of amides is 1. The predicted molar refractivity (Wildman–Crippen MR) is 107 cm³/mol. The lowest BCUT2D eigenvalue weighted by Crippen LogP contribution is -2.30. The van der Waals surface area contributed by atoms with Gasteiger partial charge in [-0.2, -0.15) is 4.31 Å². The van der Waals surface area contributed by atoms with Crippen LogP contribution in [0.5, 0.6) is 0 Å². The first kappa shape index (κ1) is 21.7. The van der Waals surface area contributed by atoms with Gasteiger partial charge in [0.25, 0.3) is 5.22 Å². The van der Waals surface area contributed by atoms with Gasteiger partial charge in [0.05, 0.1) is 10.6 Å². The standard InChI is InChI=1S/C18H27N3O4S2/c1-5-21(6-2)27(23,24)14-7-8-16-15(11-14)20-18(25-16)26-12-17(22)19-10-9-13(3)4/h7-8,11,13H,5-6,9-10,12H2,1-4H3,(H,19,22). The van der Waals surface area contributed by atoms with E-state index in [-0.39, 0.29) is 16.6 Å². The Hall–Kier alpha value is -1.58. The maximum absolute atomic E-state index is 12.6. The molecule has 0 spiro atoms. The summed E-state index contributed by atoms with van der Waals surface area (Å²) in [5.41, 5.74) is 0.960. The molecule has 0 aliphatic heterocycles. The summed E-state index contributed by atoms with van der Waals surface area (Å²) in [5.74, 6) is 0.666. The van der Waals surface area contributed by atoms with Gasteiger partial charge in [0.15, 0.2) is 5.58 Å². The van der Waals surface area contributed by atoms with E-state index in [0.717, 1.165) is 6.42 Å². The quantitative estimate of drug-likeness (QED) is 0.602. The third-order valence-corrected chi connectivity index (χ3v) is 6.93. The van der Waals surface area contributed by atoms with Crippen LogP contribution in [0.3, 0.4) is 0 Å². The van der Waals surface area contributed by atoms with E-state index >= 15 is 0 Å². The molecular formula is C18H27N3O4S2. The first-order chi connectivity index (χ1) is 12.8. The van der Waals surface area contributed by atoms with Crippen LogP contribution in [-0.4, -0.2) is 49.0 Å². The van der Waals surface area contributed by atoms with Crippen LogP contribution < -0.4 is 5.32 Å². The highest BCUT2D eigenvalue weighted by molar-refractivity contribution is 7.99. The summed E-state index contributed by atoms with van der Waals surface area (Å²) in [4.78, 5) is 16.4. The fraction of sp³-hybridized carbons (Fsp3) is 0.556. The van der Waals surface area contributed by atoms with E-state index in [1.807, 2.05) is 0 Å². The molecule has 0 aliphatic carbocycles. The van der Waals surface area contributed by atoms with Gasteiger partial charge in [-0.05, 0) is 30.5 Å². The van der Waals surface area contributed by atoms with E-state index in [1.54, 1.807) is 19.9 Å². The van der Waals surface area contributed by atoms with Crippen LogP contribution >= 0.6 is 11.8 Å². The molecule has 0 atom stereocenters. The lowest BCUT2D eigenvalue weighted by atomic mass is 10.1. The second-order valence-corrected chi connectivity index (χ2v) is 9.38. The van der Waals surface area contributed by atoms with Crippen LogP contribution in [0.15, 0.2) is 32.7 Å². The Kier molecular flexibility index (Phi) is 7.69. The Labute approximate surface area is 164 Å². The number of carbonyl (C=O) groups excluding carboxylic acids is 1. The average Bonchev–Trinajstić information content (AvgIpc) is 3.02. The number of rotatable bonds is 10. The molecule has 9 heteroatoms. The van der Waals surface area contributed by atoms with Crippen LogP contribution in [0.4, 0.5) is 0 Å². The topological polar surface area (TPSA) is 92.5 Å². The smallest absolute Gasteiger partial charge is 0.257 e. The molecule has 1 aromatic carbocycles. The van der Waals surface area contributed by atoms with Crippen LogP contribution in [0.1, 0.15) is 34.1 Å². The van der Waals surface area contributed by atoms with Gasteiger partial charge in [-0.1, -0.05) is 39.5 Å². The Morgan fingerprint density at radius 1 is 1.30 bits per heavy atom. The van der Waals surface area contributed by atoms with Crippen molar-refractivity contribution < 1.29 is 17.6 Å². The summed E-state index contributed by atoms with van der Waals surface area (Å²) in [6.45, 7) is 9.28. The number of nitrogens with zero attached hydrogens (tertiary/aromatic N) is 2. The molecule has 2 rings (SSSR count). The summed E-state index contributed by atoms with van der Waals surface area (Å²) in [5, 5.41) is 3.21. The van der Waals surface area contributed by atoms with Gasteiger partial charge in [-0.3, -0.25) is 4.79 Å². The number of sulfonamides is 1. The van der Waals surface area contributed by atoms with Crippen molar-refractivity contribution in [3.8, 4) is 0 Å². The van der Waals surface area contributed by atoms with E-state index in [9.17, 15) is 13.2 Å². The van der Waals surface area contributed by atoms with Gasteiger partial charge in [0, 0.05) is 19.6 Å². The largest absolute Gasteiger partial charge is 0.431 e. The first-order valence-corrected chi connectivity index (χ1v) is 11.5. The highest BCUT2D eigenvalue weighted by Gasteiger charge is 2.22. The van der Waals surface area contributed by atoms with Crippen molar-refractivity contribution in [3.05, 3.63) is 18.2 Å². The number of benzene rings is 1. The number of fused-ring (bicyclic) bond motifs is 1. The van der Waals surface area contributed by atoms with Crippen molar-refractivity contribution in [1.29, 1.82) is 0 Å². The summed E-state index contributed by atoms with van der Waals surface area (Å²) < 4.78 is 32.2. The van der Waals surface area contributed by atoms with E-state index in [1.165, 1.54) is 28.2 Å². The predicted octanol–water partition coefficient (Wildman–Crippen LogP) is 3.11. The third kappa shape index (κ3) is 5.70. The molecule has 150 valence electrons. The Morgan fingerprint density at radius 2 is 2.00 bits per heavy atom. The Balaban J connectivity index is 2.06. The van der Waals surface area contributed by atoms with E-state index in [2.05, 4.69) is 24.1 Å². The normalized spacial score (nSPS) is 12.2. The second-order valence-electron chi connectivity index (χ2n) is 6.52. The number of aromatic nitrogens is 1. The number of carbonyl (C=O) groups is 1. The molecule has 0 aliphatic rings. The fourth-order valence-electron chi connectivity index (χ4n) is 2.50. The molecule has 2 aromatic rings. The minimum atomic E-state index is -3.55. The fourth-order valence-corrected chi connectivity index (χ4v) is 4.65. The van der Waals surface area contributed by atoms with Crippen molar-refractivity contribution in [1.82, 2.24) is 14.6 Å².